The first-order valence-electron chi connectivity index (χ1n) is 8.27. The summed E-state index contributed by atoms with van der Waals surface area (Å²) in [7, 11) is 0. The number of hydrogen-bond donors (Lipinski definition) is 0. The number of amides is 1. The van der Waals surface area contributed by atoms with Gasteiger partial charge in [0.25, 0.3) is 5.91 Å². The third-order valence-electron chi connectivity index (χ3n) is 4.55. The monoisotopic (exact) mass is 337 g/mol. The topological polar surface area (TPSA) is 46.1 Å². The van der Waals surface area contributed by atoms with Crippen molar-refractivity contribution in [2.75, 3.05) is 13.1 Å². The summed E-state index contributed by atoms with van der Waals surface area (Å²) < 4.78 is 0. The molecule has 1 saturated heterocycles. The molecule has 0 radical (unpaired) electrons. The average molecular weight is 337 g/mol. The number of nitrogens with zero attached hydrogens (tertiary/aromatic N) is 3. The summed E-state index contributed by atoms with van der Waals surface area (Å²) in [5.41, 5.74) is 1.66. The maximum Gasteiger partial charge on any atom is 0.253 e. The van der Waals surface area contributed by atoms with Gasteiger partial charge in [-0.1, -0.05) is 6.07 Å². The van der Waals surface area contributed by atoms with Crippen LogP contribution in [-0.2, 0) is 0 Å². The number of likely N-dealkylation sites (tertiary alicyclic amines) is 1. The molecule has 0 aliphatic carbocycles. The number of carbonyl (C=O) groups is 1. The highest BCUT2D eigenvalue weighted by Gasteiger charge is 2.27. The highest BCUT2D eigenvalue weighted by molar-refractivity contribution is 7.11. The third-order valence-corrected chi connectivity index (χ3v) is 5.62. The molecule has 4 rings (SSSR count). The number of benzene rings is 1. The molecule has 3 aromatic rings. The van der Waals surface area contributed by atoms with Gasteiger partial charge >= 0.3 is 0 Å². The second-order valence-corrected chi connectivity index (χ2v) is 7.58. The van der Waals surface area contributed by atoms with E-state index in [-0.39, 0.29) is 5.91 Å². The molecule has 1 atom stereocenters. The lowest BCUT2D eigenvalue weighted by atomic mass is 9.98. The Bertz CT molecular complexity index is 889. The minimum Gasteiger partial charge on any atom is -0.338 e. The van der Waals surface area contributed by atoms with Gasteiger partial charge in [-0.05, 0) is 44.0 Å². The van der Waals surface area contributed by atoms with E-state index in [4.69, 9.17) is 0 Å². The number of aryl methyl sites for hydroxylation is 1. The number of fused-ring (bicyclic) bond motifs is 1. The predicted octanol–water partition coefficient (Wildman–Crippen LogP) is 4.02. The van der Waals surface area contributed by atoms with Crippen LogP contribution in [0.15, 0.2) is 42.7 Å². The van der Waals surface area contributed by atoms with Gasteiger partial charge in [0.2, 0.25) is 0 Å². The Morgan fingerprint density at radius 3 is 3.04 bits per heavy atom. The fourth-order valence-electron chi connectivity index (χ4n) is 3.32. The van der Waals surface area contributed by atoms with Crippen molar-refractivity contribution in [3.8, 4) is 0 Å². The van der Waals surface area contributed by atoms with E-state index < -0.39 is 0 Å². The zero-order chi connectivity index (χ0) is 16.5. The summed E-state index contributed by atoms with van der Waals surface area (Å²) in [5.74, 6) is 0.474. The van der Waals surface area contributed by atoms with Crippen LogP contribution in [0.2, 0.25) is 0 Å². The molecule has 24 heavy (non-hydrogen) atoms. The van der Waals surface area contributed by atoms with Crippen molar-refractivity contribution in [2.24, 2.45) is 0 Å². The van der Waals surface area contributed by atoms with Crippen molar-refractivity contribution in [1.29, 1.82) is 0 Å². The van der Waals surface area contributed by atoms with Gasteiger partial charge in [-0.25, -0.2) is 4.98 Å². The van der Waals surface area contributed by atoms with Crippen molar-refractivity contribution in [3.05, 3.63) is 58.2 Å². The molecule has 1 amide bonds. The predicted molar refractivity (Wildman–Crippen MR) is 96.5 cm³/mol. The Kier molecular flexibility index (Phi) is 4.02. The van der Waals surface area contributed by atoms with Gasteiger partial charge in [-0.3, -0.25) is 9.78 Å². The van der Waals surface area contributed by atoms with E-state index in [1.165, 1.54) is 4.88 Å². The standard InChI is InChI=1S/C19H19N3OS/c1-13-11-21-18(24-13)16-5-3-9-22(12-16)19(23)15-6-7-17-14(10-15)4-2-8-20-17/h2,4,6-8,10-11,16H,3,5,9,12H2,1H3. The lowest BCUT2D eigenvalue weighted by Crippen LogP contribution is -2.39. The lowest BCUT2D eigenvalue weighted by Gasteiger charge is -2.32. The summed E-state index contributed by atoms with van der Waals surface area (Å²) in [6.45, 7) is 3.66. The Morgan fingerprint density at radius 1 is 1.29 bits per heavy atom. The molecule has 122 valence electrons. The van der Waals surface area contributed by atoms with Gasteiger partial charge in [0, 0.05) is 47.2 Å². The van der Waals surface area contributed by atoms with E-state index in [1.807, 2.05) is 41.4 Å². The molecule has 4 nitrogen and oxygen atoms in total. The van der Waals surface area contributed by atoms with Crippen LogP contribution in [0.1, 0.15) is 39.0 Å². The van der Waals surface area contributed by atoms with Crippen LogP contribution < -0.4 is 0 Å². The number of carbonyl (C=O) groups excluding carboxylic acids is 1. The van der Waals surface area contributed by atoms with E-state index in [1.54, 1.807) is 17.5 Å². The first kappa shape index (κ1) is 15.3. The van der Waals surface area contributed by atoms with Crippen molar-refractivity contribution in [2.45, 2.75) is 25.7 Å². The number of piperidine rings is 1. The van der Waals surface area contributed by atoms with Crippen LogP contribution in [0.3, 0.4) is 0 Å². The van der Waals surface area contributed by atoms with Gasteiger partial charge in [0.05, 0.1) is 10.5 Å². The van der Waals surface area contributed by atoms with Crippen molar-refractivity contribution >= 4 is 28.1 Å². The first-order chi connectivity index (χ1) is 11.7. The molecule has 0 N–H and O–H groups in total. The minimum absolute atomic E-state index is 0.110. The summed E-state index contributed by atoms with van der Waals surface area (Å²) in [5, 5.41) is 2.17. The minimum atomic E-state index is 0.110. The average Bonchev–Trinajstić information content (AvgIpc) is 3.07. The second kappa shape index (κ2) is 6.32. The quantitative estimate of drug-likeness (QED) is 0.709. The van der Waals surface area contributed by atoms with Crippen LogP contribution >= 0.6 is 11.3 Å². The number of thiazole rings is 1. The normalized spacial score (nSPS) is 18.0. The SMILES string of the molecule is Cc1cnc(C2CCCN(C(=O)c3ccc4ncccc4c3)C2)s1. The van der Waals surface area contributed by atoms with E-state index in [0.717, 1.165) is 47.4 Å². The van der Waals surface area contributed by atoms with Gasteiger partial charge < -0.3 is 4.90 Å². The number of rotatable bonds is 2. The Balaban J connectivity index is 1.56. The van der Waals surface area contributed by atoms with Crippen molar-refractivity contribution in [1.82, 2.24) is 14.9 Å². The smallest absolute Gasteiger partial charge is 0.253 e. The molecule has 1 aliphatic heterocycles. The number of pyridine rings is 1. The van der Waals surface area contributed by atoms with Crippen molar-refractivity contribution < 1.29 is 4.79 Å². The second-order valence-electron chi connectivity index (χ2n) is 6.31. The molecule has 5 heteroatoms. The maximum absolute atomic E-state index is 12.9. The molecule has 0 saturated carbocycles. The van der Waals surface area contributed by atoms with Crippen LogP contribution in [0, 0.1) is 6.92 Å². The third kappa shape index (κ3) is 2.91. The largest absolute Gasteiger partial charge is 0.338 e. The molecule has 0 spiro atoms. The Morgan fingerprint density at radius 2 is 2.21 bits per heavy atom. The van der Waals surface area contributed by atoms with E-state index in [2.05, 4.69) is 16.9 Å². The van der Waals surface area contributed by atoms with Crippen LogP contribution in [0.25, 0.3) is 10.9 Å². The van der Waals surface area contributed by atoms with Gasteiger partial charge in [-0.15, -0.1) is 11.3 Å². The molecule has 2 aromatic heterocycles. The summed E-state index contributed by atoms with van der Waals surface area (Å²) in [6, 6.07) is 9.65. The molecule has 1 unspecified atom stereocenters. The summed E-state index contributed by atoms with van der Waals surface area (Å²) in [4.78, 5) is 25.0. The highest BCUT2D eigenvalue weighted by Crippen LogP contribution is 2.30. The summed E-state index contributed by atoms with van der Waals surface area (Å²) >= 11 is 1.75. The first-order valence-corrected chi connectivity index (χ1v) is 9.09. The number of aromatic nitrogens is 2. The highest BCUT2D eigenvalue weighted by atomic mass is 32.1. The van der Waals surface area contributed by atoms with Crippen LogP contribution in [0.4, 0.5) is 0 Å². The summed E-state index contributed by atoms with van der Waals surface area (Å²) in [6.07, 6.45) is 5.84. The van der Waals surface area contributed by atoms with Gasteiger partial charge in [-0.2, -0.15) is 0 Å². The van der Waals surface area contributed by atoms with E-state index >= 15 is 0 Å². The fraction of sp³-hybridized carbons (Fsp3) is 0.316. The van der Waals surface area contributed by atoms with E-state index in [0.29, 0.717) is 5.92 Å². The maximum atomic E-state index is 12.9. The fourth-order valence-corrected chi connectivity index (χ4v) is 4.22. The van der Waals surface area contributed by atoms with Crippen LogP contribution in [-0.4, -0.2) is 33.9 Å². The lowest BCUT2D eigenvalue weighted by molar-refractivity contribution is 0.0707. The van der Waals surface area contributed by atoms with Crippen molar-refractivity contribution in [3.63, 3.8) is 0 Å². The zero-order valence-electron chi connectivity index (χ0n) is 13.6. The molecule has 1 aliphatic rings. The molecular weight excluding hydrogens is 318 g/mol. The molecule has 1 aromatic carbocycles. The van der Waals surface area contributed by atoms with Gasteiger partial charge in [0.15, 0.2) is 0 Å². The van der Waals surface area contributed by atoms with E-state index in [9.17, 15) is 4.79 Å². The molecular formula is C19H19N3OS. The molecule has 0 bridgehead atoms. The Labute approximate surface area is 145 Å². The molecule has 3 heterocycles. The Hall–Kier alpha value is -2.27. The molecule has 1 fully saturated rings. The van der Waals surface area contributed by atoms with Gasteiger partial charge in [0.1, 0.15) is 0 Å². The van der Waals surface area contributed by atoms with Crippen LogP contribution in [0.5, 0.6) is 0 Å². The zero-order valence-corrected chi connectivity index (χ0v) is 14.4. The number of hydrogen-bond acceptors (Lipinski definition) is 4.